The van der Waals surface area contributed by atoms with Gasteiger partial charge in [0.15, 0.2) is 0 Å². The van der Waals surface area contributed by atoms with Crippen molar-refractivity contribution >= 4 is 6.20 Å². The lowest BCUT2D eigenvalue weighted by molar-refractivity contribution is 0.632. The highest BCUT2D eigenvalue weighted by Gasteiger charge is 2.03. The lowest BCUT2D eigenvalue weighted by Crippen LogP contribution is -2.15. The molecule has 0 amide bonds. The highest BCUT2D eigenvalue weighted by molar-refractivity contribution is 5.17. The summed E-state index contributed by atoms with van der Waals surface area (Å²) in [6.07, 6.45) is 14.5. The minimum atomic E-state index is 0.890. The van der Waals surface area contributed by atoms with Gasteiger partial charge in [0, 0.05) is 24.5 Å². The van der Waals surface area contributed by atoms with E-state index >= 15 is 0 Å². The molecule has 0 spiro atoms. The Bertz CT molecular complexity index is 390. The molecule has 1 aliphatic carbocycles. The molecule has 0 atom stereocenters. The van der Waals surface area contributed by atoms with Crippen LogP contribution in [-0.2, 0) is 6.54 Å². The van der Waals surface area contributed by atoms with E-state index in [2.05, 4.69) is 23.1 Å². The summed E-state index contributed by atoms with van der Waals surface area (Å²) in [5.41, 5.74) is 2.84. The van der Waals surface area contributed by atoms with Gasteiger partial charge in [0.2, 0.25) is 0 Å². The zero-order valence-electron chi connectivity index (χ0n) is 10.4. The van der Waals surface area contributed by atoms with Gasteiger partial charge < -0.3 is 5.32 Å². The van der Waals surface area contributed by atoms with Crippen LogP contribution in [0.4, 0.5) is 0 Å². The van der Waals surface area contributed by atoms with Gasteiger partial charge in [-0.15, -0.1) is 0 Å². The molecular weight excluding hydrogens is 210 g/mol. The predicted octanol–water partition coefficient (Wildman–Crippen LogP) is 2.96. The first-order chi connectivity index (χ1) is 8.38. The number of hydrogen-bond acceptors (Lipinski definition) is 2. The Morgan fingerprint density at radius 3 is 3.12 bits per heavy atom. The van der Waals surface area contributed by atoms with Gasteiger partial charge in [-0.2, -0.15) is 5.10 Å². The number of hydrogen-bond donors (Lipinski definition) is 1. The van der Waals surface area contributed by atoms with Crippen molar-refractivity contribution in [2.45, 2.75) is 38.6 Å². The zero-order valence-corrected chi connectivity index (χ0v) is 10.4. The van der Waals surface area contributed by atoms with Gasteiger partial charge in [-0.3, -0.25) is 0 Å². The summed E-state index contributed by atoms with van der Waals surface area (Å²) in [7, 11) is 0. The third-order valence-corrected chi connectivity index (χ3v) is 3.18. The molecule has 0 aliphatic heterocycles. The van der Waals surface area contributed by atoms with Gasteiger partial charge in [0.1, 0.15) is 0 Å². The second-order valence-electron chi connectivity index (χ2n) is 4.55. The fraction of sp³-hybridized carbons (Fsp3) is 0.500. The Morgan fingerprint density at radius 1 is 1.47 bits per heavy atom. The van der Waals surface area contributed by atoms with Crippen LogP contribution in [0.15, 0.2) is 30.6 Å². The van der Waals surface area contributed by atoms with E-state index in [1.807, 2.05) is 12.4 Å². The topological polar surface area (TPSA) is 29.9 Å². The number of rotatable bonds is 6. The molecule has 1 aromatic heterocycles. The first-order valence-corrected chi connectivity index (χ1v) is 6.42. The van der Waals surface area contributed by atoms with Crippen LogP contribution in [0.5, 0.6) is 0 Å². The maximum absolute atomic E-state index is 4.15. The summed E-state index contributed by atoms with van der Waals surface area (Å²) < 4.78 is 1.74. The molecule has 2 rings (SSSR count). The average molecular weight is 231 g/mol. The van der Waals surface area contributed by atoms with Gasteiger partial charge in [-0.05, 0) is 38.6 Å². The van der Waals surface area contributed by atoms with E-state index in [0.717, 1.165) is 13.1 Å². The zero-order chi connectivity index (χ0) is 11.9. The highest BCUT2D eigenvalue weighted by atomic mass is 15.2. The number of nitrogens with one attached hydrogen (secondary N) is 1. The second kappa shape index (κ2) is 6.40. The van der Waals surface area contributed by atoms with E-state index in [9.17, 15) is 0 Å². The van der Waals surface area contributed by atoms with Crippen molar-refractivity contribution < 1.29 is 0 Å². The lowest BCUT2D eigenvalue weighted by atomic mass is 9.97. The number of allylic oxidation sites excluding steroid dienone is 1. The Morgan fingerprint density at radius 2 is 2.41 bits per heavy atom. The van der Waals surface area contributed by atoms with Crippen molar-refractivity contribution in [1.29, 1.82) is 0 Å². The third-order valence-electron chi connectivity index (χ3n) is 3.18. The normalized spacial score (nSPS) is 15.6. The van der Waals surface area contributed by atoms with Crippen molar-refractivity contribution in [3.05, 3.63) is 36.2 Å². The minimum absolute atomic E-state index is 0.890. The summed E-state index contributed by atoms with van der Waals surface area (Å²) in [6, 6.07) is 0. The molecular formula is C14H21N3. The summed E-state index contributed by atoms with van der Waals surface area (Å²) >= 11 is 0. The van der Waals surface area contributed by atoms with Crippen LogP contribution in [0.2, 0.25) is 0 Å². The predicted molar refractivity (Wildman–Crippen MR) is 71.5 cm³/mol. The van der Waals surface area contributed by atoms with Gasteiger partial charge >= 0.3 is 0 Å². The maximum atomic E-state index is 4.15. The van der Waals surface area contributed by atoms with Crippen LogP contribution in [0.1, 0.15) is 37.7 Å². The Kier molecular flexibility index (Phi) is 4.56. The van der Waals surface area contributed by atoms with Crippen LogP contribution in [0, 0.1) is 0 Å². The molecule has 0 aromatic carbocycles. The molecule has 0 bridgehead atoms. The van der Waals surface area contributed by atoms with Crippen molar-refractivity contribution in [2.75, 3.05) is 6.54 Å². The monoisotopic (exact) mass is 231 g/mol. The molecule has 1 aliphatic rings. The van der Waals surface area contributed by atoms with E-state index < -0.39 is 0 Å². The molecule has 1 heterocycles. The quantitative estimate of drug-likeness (QED) is 0.602. The van der Waals surface area contributed by atoms with Gasteiger partial charge in [-0.1, -0.05) is 18.2 Å². The largest absolute Gasteiger partial charge is 0.312 e. The molecule has 1 N–H and O–H groups in total. The molecule has 3 heteroatoms. The smallest absolute Gasteiger partial charge is 0.0538 e. The first-order valence-electron chi connectivity index (χ1n) is 6.42. The van der Waals surface area contributed by atoms with Crippen LogP contribution < -0.4 is 5.32 Å². The minimum Gasteiger partial charge on any atom is -0.312 e. The summed E-state index contributed by atoms with van der Waals surface area (Å²) in [5, 5.41) is 7.61. The summed E-state index contributed by atoms with van der Waals surface area (Å²) in [4.78, 5) is 0. The van der Waals surface area contributed by atoms with Crippen LogP contribution in [0.3, 0.4) is 0 Å². The summed E-state index contributed by atoms with van der Waals surface area (Å²) in [6.45, 7) is 5.63. The van der Waals surface area contributed by atoms with Gasteiger partial charge in [-0.25, -0.2) is 4.68 Å². The van der Waals surface area contributed by atoms with E-state index in [1.165, 1.54) is 37.7 Å². The van der Waals surface area contributed by atoms with Gasteiger partial charge in [0.25, 0.3) is 0 Å². The molecule has 92 valence electrons. The summed E-state index contributed by atoms with van der Waals surface area (Å²) in [5.74, 6) is 0. The van der Waals surface area contributed by atoms with Gasteiger partial charge in [0.05, 0.1) is 6.20 Å². The van der Waals surface area contributed by atoms with Crippen LogP contribution in [-0.4, -0.2) is 16.3 Å². The standard InChI is InChI=1S/C14H21N3/c1-2-17-12-14(11-16-17)10-15-9-8-13-6-4-3-5-7-13/h2,6,11-12,15H,1,3-5,7-10H2. The van der Waals surface area contributed by atoms with Crippen molar-refractivity contribution in [3.8, 4) is 0 Å². The number of nitrogens with zero attached hydrogens (tertiary/aromatic N) is 2. The Labute approximate surface area is 103 Å². The highest BCUT2D eigenvalue weighted by Crippen LogP contribution is 2.19. The van der Waals surface area contributed by atoms with Crippen LogP contribution >= 0.6 is 0 Å². The molecule has 0 saturated carbocycles. The molecule has 1 aromatic rings. The fourth-order valence-corrected chi connectivity index (χ4v) is 2.18. The van der Waals surface area contributed by atoms with E-state index in [-0.39, 0.29) is 0 Å². The fourth-order valence-electron chi connectivity index (χ4n) is 2.18. The Balaban J connectivity index is 1.65. The van der Waals surface area contributed by atoms with Crippen LogP contribution in [0.25, 0.3) is 6.20 Å². The van der Waals surface area contributed by atoms with E-state index in [0.29, 0.717) is 0 Å². The SMILES string of the molecule is C=Cn1cc(CNCCC2=CCCCC2)cn1. The molecule has 0 radical (unpaired) electrons. The average Bonchev–Trinajstić information content (AvgIpc) is 2.84. The third kappa shape index (κ3) is 3.86. The van der Waals surface area contributed by atoms with E-state index in [1.54, 1.807) is 16.5 Å². The lowest BCUT2D eigenvalue weighted by Gasteiger charge is -2.12. The van der Waals surface area contributed by atoms with Crippen molar-refractivity contribution in [3.63, 3.8) is 0 Å². The van der Waals surface area contributed by atoms with Crippen molar-refractivity contribution in [2.24, 2.45) is 0 Å². The van der Waals surface area contributed by atoms with E-state index in [4.69, 9.17) is 0 Å². The molecule has 3 nitrogen and oxygen atoms in total. The second-order valence-corrected chi connectivity index (χ2v) is 4.55. The number of aromatic nitrogens is 2. The molecule has 0 unspecified atom stereocenters. The molecule has 0 fully saturated rings. The first kappa shape index (κ1) is 12.1. The van der Waals surface area contributed by atoms with Crippen molar-refractivity contribution in [1.82, 2.24) is 15.1 Å². The molecule has 17 heavy (non-hydrogen) atoms. The molecule has 0 saturated heterocycles. The maximum Gasteiger partial charge on any atom is 0.0538 e. The Hall–Kier alpha value is -1.35.